The molecule has 0 amide bonds. The SMILES string of the molecule is CN=C(NCCc1cc(F)cc(F)c1)N1CCC2(CCCC2)C1.I. The van der Waals surface area contributed by atoms with Crippen LogP contribution in [-0.4, -0.2) is 37.5 Å². The van der Waals surface area contributed by atoms with Gasteiger partial charge in [-0.2, -0.15) is 0 Å². The molecule has 1 saturated carbocycles. The molecule has 0 unspecified atom stereocenters. The molecule has 1 aliphatic heterocycles. The first-order valence-corrected chi connectivity index (χ1v) is 8.51. The van der Waals surface area contributed by atoms with E-state index in [0.717, 1.165) is 25.1 Å². The van der Waals surface area contributed by atoms with E-state index in [1.165, 1.54) is 44.2 Å². The summed E-state index contributed by atoms with van der Waals surface area (Å²) in [5.41, 5.74) is 1.17. The molecule has 0 atom stereocenters. The van der Waals surface area contributed by atoms with Crippen molar-refractivity contribution in [1.29, 1.82) is 0 Å². The minimum Gasteiger partial charge on any atom is -0.356 e. The second kappa shape index (κ2) is 8.45. The smallest absolute Gasteiger partial charge is 0.193 e. The molecule has 3 rings (SSSR count). The van der Waals surface area contributed by atoms with Crippen LogP contribution in [0.4, 0.5) is 8.78 Å². The number of nitrogens with zero attached hydrogens (tertiary/aromatic N) is 2. The lowest BCUT2D eigenvalue weighted by atomic mass is 9.86. The molecule has 1 saturated heterocycles. The van der Waals surface area contributed by atoms with Gasteiger partial charge in [-0.1, -0.05) is 12.8 Å². The standard InChI is InChI=1S/C18H25F2N3.HI/c1-21-17(23-9-7-18(13-23)5-2-3-6-18)22-8-4-14-10-15(19)12-16(20)11-14;/h10-12H,2-9,13H2,1H3,(H,21,22);1H. The van der Waals surface area contributed by atoms with E-state index in [1.807, 2.05) is 0 Å². The topological polar surface area (TPSA) is 27.6 Å². The monoisotopic (exact) mass is 449 g/mol. The number of hydrogen-bond donors (Lipinski definition) is 1. The van der Waals surface area contributed by atoms with Gasteiger partial charge in [-0.25, -0.2) is 8.78 Å². The van der Waals surface area contributed by atoms with E-state index in [9.17, 15) is 8.78 Å². The van der Waals surface area contributed by atoms with Crippen molar-refractivity contribution in [2.45, 2.75) is 38.5 Å². The zero-order valence-electron chi connectivity index (χ0n) is 14.2. The first-order valence-electron chi connectivity index (χ1n) is 8.51. The van der Waals surface area contributed by atoms with E-state index < -0.39 is 11.6 Å². The van der Waals surface area contributed by atoms with Crippen LogP contribution in [0.5, 0.6) is 0 Å². The maximum absolute atomic E-state index is 13.2. The molecule has 6 heteroatoms. The average Bonchev–Trinajstić information content (AvgIpc) is 3.13. The fourth-order valence-electron chi connectivity index (χ4n) is 4.06. The first kappa shape index (κ1) is 19.4. The molecule has 1 heterocycles. The summed E-state index contributed by atoms with van der Waals surface area (Å²) in [7, 11) is 1.80. The van der Waals surface area contributed by atoms with Crippen molar-refractivity contribution in [2.24, 2.45) is 10.4 Å². The number of benzene rings is 1. The molecule has 1 N–H and O–H groups in total. The molecule has 1 spiro atoms. The molecule has 1 aliphatic carbocycles. The van der Waals surface area contributed by atoms with E-state index in [4.69, 9.17) is 0 Å². The summed E-state index contributed by atoms with van der Waals surface area (Å²) in [6.07, 6.45) is 7.21. The van der Waals surface area contributed by atoms with Crippen LogP contribution in [0.2, 0.25) is 0 Å². The maximum Gasteiger partial charge on any atom is 0.193 e. The molecule has 1 aromatic carbocycles. The van der Waals surface area contributed by atoms with Crippen LogP contribution in [-0.2, 0) is 6.42 Å². The Bertz CT molecular complexity index is 565. The highest BCUT2D eigenvalue weighted by Gasteiger charge is 2.40. The van der Waals surface area contributed by atoms with E-state index in [-0.39, 0.29) is 24.0 Å². The number of guanidine groups is 1. The van der Waals surface area contributed by atoms with Crippen LogP contribution in [0.15, 0.2) is 23.2 Å². The first-order chi connectivity index (χ1) is 11.1. The number of rotatable bonds is 3. The second-order valence-electron chi connectivity index (χ2n) is 6.88. The van der Waals surface area contributed by atoms with Gasteiger partial charge in [0, 0.05) is 32.7 Å². The Morgan fingerprint density at radius 2 is 1.83 bits per heavy atom. The third kappa shape index (κ3) is 4.58. The quantitative estimate of drug-likeness (QED) is 0.430. The Hall–Kier alpha value is -0.920. The van der Waals surface area contributed by atoms with Crippen molar-refractivity contribution in [1.82, 2.24) is 10.2 Å². The second-order valence-corrected chi connectivity index (χ2v) is 6.88. The predicted octanol–water partition coefficient (Wildman–Crippen LogP) is 3.97. The number of nitrogens with one attached hydrogen (secondary N) is 1. The number of aliphatic imine (C=N–C) groups is 1. The van der Waals surface area contributed by atoms with Crippen molar-refractivity contribution in [2.75, 3.05) is 26.7 Å². The summed E-state index contributed by atoms with van der Waals surface area (Å²) >= 11 is 0. The molecule has 0 bridgehead atoms. The molecule has 3 nitrogen and oxygen atoms in total. The molecule has 2 aliphatic rings. The predicted molar refractivity (Wildman–Crippen MR) is 104 cm³/mol. The van der Waals surface area contributed by atoms with Gasteiger partial charge in [-0.05, 0) is 48.8 Å². The van der Waals surface area contributed by atoms with Crippen molar-refractivity contribution < 1.29 is 8.78 Å². The van der Waals surface area contributed by atoms with Gasteiger partial charge < -0.3 is 10.2 Å². The Balaban J connectivity index is 0.00000208. The lowest BCUT2D eigenvalue weighted by molar-refractivity contribution is 0.309. The largest absolute Gasteiger partial charge is 0.356 e. The number of halogens is 3. The Kier molecular flexibility index (Phi) is 6.83. The zero-order chi connectivity index (χ0) is 16.3. The van der Waals surface area contributed by atoms with E-state index in [2.05, 4.69) is 15.2 Å². The van der Waals surface area contributed by atoms with E-state index in [0.29, 0.717) is 23.9 Å². The molecule has 0 aromatic heterocycles. The van der Waals surface area contributed by atoms with Crippen LogP contribution < -0.4 is 5.32 Å². The average molecular weight is 449 g/mol. The van der Waals surface area contributed by atoms with Crippen LogP contribution in [0, 0.1) is 17.0 Å². The lowest BCUT2D eigenvalue weighted by Crippen LogP contribution is -2.41. The van der Waals surface area contributed by atoms with Crippen LogP contribution in [0.1, 0.15) is 37.7 Å². The fraction of sp³-hybridized carbons (Fsp3) is 0.611. The van der Waals surface area contributed by atoms with Crippen molar-refractivity contribution in [3.8, 4) is 0 Å². The molecule has 2 fully saturated rings. The van der Waals surface area contributed by atoms with Crippen LogP contribution >= 0.6 is 24.0 Å². The van der Waals surface area contributed by atoms with Crippen molar-refractivity contribution >= 4 is 29.9 Å². The van der Waals surface area contributed by atoms with Crippen LogP contribution in [0.3, 0.4) is 0 Å². The Morgan fingerprint density at radius 3 is 2.46 bits per heavy atom. The molecular formula is C18H26F2IN3. The maximum atomic E-state index is 13.2. The van der Waals surface area contributed by atoms with Gasteiger partial charge in [0.25, 0.3) is 0 Å². The van der Waals surface area contributed by atoms with Gasteiger partial charge in [0.1, 0.15) is 11.6 Å². The summed E-state index contributed by atoms with van der Waals surface area (Å²) in [6, 6.07) is 3.68. The van der Waals surface area contributed by atoms with Gasteiger partial charge >= 0.3 is 0 Å². The zero-order valence-corrected chi connectivity index (χ0v) is 16.5. The summed E-state index contributed by atoms with van der Waals surface area (Å²) in [5, 5.41) is 3.34. The third-order valence-electron chi connectivity index (χ3n) is 5.23. The minimum atomic E-state index is -0.521. The molecule has 0 radical (unpaired) electrons. The highest BCUT2D eigenvalue weighted by molar-refractivity contribution is 14.0. The summed E-state index contributed by atoms with van der Waals surface area (Å²) in [6.45, 7) is 2.76. The molecular weight excluding hydrogens is 423 g/mol. The fourth-order valence-corrected chi connectivity index (χ4v) is 4.06. The van der Waals surface area contributed by atoms with E-state index >= 15 is 0 Å². The van der Waals surface area contributed by atoms with Crippen LogP contribution in [0.25, 0.3) is 0 Å². The van der Waals surface area contributed by atoms with Gasteiger partial charge in [0.15, 0.2) is 5.96 Å². The third-order valence-corrected chi connectivity index (χ3v) is 5.23. The summed E-state index contributed by atoms with van der Waals surface area (Å²) in [4.78, 5) is 6.71. The Morgan fingerprint density at radius 1 is 1.17 bits per heavy atom. The van der Waals surface area contributed by atoms with Crippen molar-refractivity contribution in [3.05, 3.63) is 35.4 Å². The normalized spacial score (nSPS) is 19.6. The molecule has 1 aromatic rings. The van der Waals surface area contributed by atoms with Gasteiger partial charge in [0.2, 0.25) is 0 Å². The van der Waals surface area contributed by atoms with Gasteiger partial charge in [-0.3, -0.25) is 4.99 Å². The highest BCUT2D eigenvalue weighted by Crippen LogP contribution is 2.45. The van der Waals surface area contributed by atoms with Crippen molar-refractivity contribution in [3.63, 3.8) is 0 Å². The molecule has 24 heavy (non-hydrogen) atoms. The number of hydrogen-bond acceptors (Lipinski definition) is 1. The van der Waals surface area contributed by atoms with Gasteiger partial charge in [-0.15, -0.1) is 24.0 Å². The minimum absolute atomic E-state index is 0. The van der Waals surface area contributed by atoms with E-state index in [1.54, 1.807) is 7.05 Å². The number of likely N-dealkylation sites (tertiary alicyclic amines) is 1. The lowest BCUT2D eigenvalue weighted by Gasteiger charge is -2.26. The van der Waals surface area contributed by atoms with Gasteiger partial charge in [0.05, 0.1) is 0 Å². The Labute approximate surface area is 159 Å². The summed E-state index contributed by atoms with van der Waals surface area (Å²) < 4.78 is 26.4. The summed E-state index contributed by atoms with van der Waals surface area (Å²) in [5.74, 6) is -0.134. The highest BCUT2D eigenvalue weighted by atomic mass is 127. The molecule has 134 valence electrons.